The lowest BCUT2D eigenvalue weighted by Crippen LogP contribution is -2.09. The Kier molecular flexibility index (Phi) is 5.48. The highest BCUT2D eigenvalue weighted by molar-refractivity contribution is 5.29. The van der Waals surface area contributed by atoms with E-state index in [9.17, 15) is 13.2 Å². The molecule has 0 N–H and O–H groups in total. The Labute approximate surface area is 94.7 Å². The molecule has 0 atom stereocenters. The van der Waals surface area contributed by atoms with E-state index >= 15 is 0 Å². The molecular weight excluding hydrogens is 215 g/mol. The van der Waals surface area contributed by atoms with Crippen molar-refractivity contribution in [2.24, 2.45) is 0 Å². The summed E-state index contributed by atoms with van der Waals surface area (Å²) in [4.78, 5) is 3.95. The summed E-state index contributed by atoms with van der Waals surface area (Å²) in [5.74, 6) is 0.0108. The van der Waals surface area contributed by atoms with E-state index in [2.05, 4.69) is 4.98 Å². The van der Waals surface area contributed by atoms with Gasteiger partial charge in [0, 0.05) is 11.9 Å². The van der Waals surface area contributed by atoms with Crippen LogP contribution in [0.25, 0.3) is 0 Å². The molecule has 0 fully saturated rings. The maximum atomic E-state index is 12.5. The second kappa shape index (κ2) is 5.87. The predicted octanol–water partition coefficient (Wildman–Crippen LogP) is 4.56. The number of hydrogen-bond acceptors (Lipinski definition) is 1. The van der Waals surface area contributed by atoms with Crippen LogP contribution >= 0.6 is 0 Å². The molecule has 0 saturated heterocycles. The standard InChI is InChI=1S/C10H12F3N.C2H6/c1-6(2)9-4-8(10(11,12)13)7(3)5-14-9;1-2/h4-6H,1-3H3;1-2H3. The molecule has 0 aromatic carbocycles. The molecule has 1 nitrogen and oxygen atoms in total. The van der Waals surface area contributed by atoms with Crippen molar-refractivity contribution in [1.82, 2.24) is 4.98 Å². The minimum Gasteiger partial charge on any atom is -0.261 e. The number of rotatable bonds is 1. The van der Waals surface area contributed by atoms with E-state index in [0.717, 1.165) is 6.07 Å². The van der Waals surface area contributed by atoms with Crippen molar-refractivity contribution in [3.63, 3.8) is 0 Å². The number of aromatic nitrogens is 1. The van der Waals surface area contributed by atoms with E-state index in [1.165, 1.54) is 13.1 Å². The molecule has 1 aromatic heterocycles. The Morgan fingerprint density at radius 3 is 2.06 bits per heavy atom. The summed E-state index contributed by atoms with van der Waals surface area (Å²) < 4.78 is 37.4. The Bertz CT molecular complexity index is 330. The molecule has 1 aromatic rings. The number of pyridine rings is 1. The first-order chi connectivity index (χ1) is 7.32. The fourth-order valence-electron chi connectivity index (χ4n) is 1.16. The van der Waals surface area contributed by atoms with Gasteiger partial charge in [-0.05, 0) is 24.5 Å². The van der Waals surface area contributed by atoms with E-state index in [1.54, 1.807) is 0 Å². The third-order valence-corrected chi connectivity index (χ3v) is 2.02. The van der Waals surface area contributed by atoms with Crippen LogP contribution in [0.1, 0.15) is 50.4 Å². The maximum Gasteiger partial charge on any atom is 0.416 e. The predicted molar refractivity (Wildman–Crippen MR) is 59.4 cm³/mol. The van der Waals surface area contributed by atoms with Gasteiger partial charge in [0.2, 0.25) is 0 Å². The lowest BCUT2D eigenvalue weighted by atomic mass is 10.0. The van der Waals surface area contributed by atoms with Crippen molar-refractivity contribution in [2.75, 3.05) is 0 Å². The van der Waals surface area contributed by atoms with Gasteiger partial charge >= 0.3 is 6.18 Å². The van der Waals surface area contributed by atoms with Gasteiger partial charge in [-0.25, -0.2) is 0 Å². The Balaban J connectivity index is 0.00000106. The molecular formula is C12H18F3N. The second-order valence-corrected chi connectivity index (χ2v) is 3.58. The molecule has 0 aliphatic rings. The van der Waals surface area contributed by atoms with E-state index in [-0.39, 0.29) is 11.5 Å². The van der Waals surface area contributed by atoms with Crippen molar-refractivity contribution in [3.8, 4) is 0 Å². The number of hydrogen-bond donors (Lipinski definition) is 0. The number of halogens is 3. The number of nitrogens with zero attached hydrogens (tertiary/aromatic N) is 1. The summed E-state index contributed by atoms with van der Waals surface area (Å²) in [6, 6.07) is 1.12. The molecule has 0 bridgehead atoms. The third-order valence-electron chi connectivity index (χ3n) is 2.02. The van der Waals surface area contributed by atoms with Crippen LogP contribution in [0.4, 0.5) is 13.2 Å². The summed E-state index contributed by atoms with van der Waals surface area (Å²) in [5, 5.41) is 0. The molecule has 4 heteroatoms. The molecule has 0 amide bonds. The smallest absolute Gasteiger partial charge is 0.261 e. The highest BCUT2D eigenvalue weighted by Gasteiger charge is 2.32. The topological polar surface area (TPSA) is 12.9 Å². The lowest BCUT2D eigenvalue weighted by molar-refractivity contribution is -0.138. The molecule has 1 rings (SSSR count). The van der Waals surface area contributed by atoms with Crippen LogP contribution in [0.15, 0.2) is 12.3 Å². The van der Waals surface area contributed by atoms with Crippen LogP contribution in [0, 0.1) is 6.92 Å². The minimum atomic E-state index is -4.28. The summed E-state index contributed by atoms with van der Waals surface area (Å²) in [6.07, 6.45) is -3.01. The zero-order chi connectivity index (χ0) is 12.9. The van der Waals surface area contributed by atoms with E-state index in [4.69, 9.17) is 0 Å². The molecule has 0 aliphatic heterocycles. The van der Waals surface area contributed by atoms with Crippen molar-refractivity contribution in [2.45, 2.75) is 46.7 Å². The van der Waals surface area contributed by atoms with Crippen LogP contribution < -0.4 is 0 Å². The Morgan fingerprint density at radius 1 is 1.19 bits per heavy atom. The normalized spacial score (nSPS) is 11.1. The maximum absolute atomic E-state index is 12.5. The SMILES string of the molecule is CC.Cc1cnc(C(C)C)cc1C(F)(F)F. The van der Waals surface area contributed by atoms with Gasteiger partial charge in [-0.2, -0.15) is 13.2 Å². The molecule has 1 heterocycles. The fraction of sp³-hybridized carbons (Fsp3) is 0.583. The molecule has 16 heavy (non-hydrogen) atoms. The van der Waals surface area contributed by atoms with Gasteiger partial charge in [-0.15, -0.1) is 0 Å². The monoisotopic (exact) mass is 233 g/mol. The van der Waals surface area contributed by atoms with E-state index in [0.29, 0.717) is 5.69 Å². The van der Waals surface area contributed by atoms with Crippen LogP contribution in [0.2, 0.25) is 0 Å². The van der Waals surface area contributed by atoms with Gasteiger partial charge in [0.1, 0.15) is 0 Å². The largest absolute Gasteiger partial charge is 0.416 e. The Hall–Kier alpha value is -1.06. The first kappa shape index (κ1) is 14.9. The van der Waals surface area contributed by atoms with Gasteiger partial charge in [-0.3, -0.25) is 4.98 Å². The van der Waals surface area contributed by atoms with Gasteiger partial charge in [0.25, 0.3) is 0 Å². The molecule has 0 saturated carbocycles. The van der Waals surface area contributed by atoms with Crippen LogP contribution in [0.3, 0.4) is 0 Å². The summed E-state index contributed by atoms with van der Waals surface area (Å²) in [7, 11) is 0. The summed E-state index contributed by atoms with van der Waals surface area (Å²) in [6.45, 7) is 9.05. The zero-order valence-electron chi connectivity index (χ0n) is 10.3. The average Bonchev–Trinajstić information content (AvgIpc) is 2.19. The average molecular weight is 233 g/mol. The number of alkyl halides is 3. The van der Waals surface area contributed by atoms with Gasteiger partial charge in [0.05, 0.1) is 5.56 Å². The van der Waals surface area contributed by atoms with Crippen LogP contribution in [-0.2, 0) is 6.18 Å². The molecule has 0 unspecified atom stereocenters. The minimum absolute atomic E-state index is 0.0108. The highest BCUT2D eigenvalue weighted by Crippen LogP contribution is 2.32. The first-order valence-corrected chi connectivity index (χ1v) is 5.36. The van der Waals surface area contributed by atoms with E-state index in [1.807, 2.05) is 27.7 Å². The molecule has 0 radical (unpaired) electrons. The van der Waals surface area contributed by atoms with Crippen molar-refractivity contribution in [1.29, 1.82) is 0 Å². The molecule has 92 valence electrons. The first-order valence-electron chi connectivity index (χ1n) is 5.36. The fourth-order valence-corrected chi connectivity index (χ4v) is 1.16. The van der Waals surface area contributed by atoms with Crippen molar-refractivity contribution in [3.05, 3.63) is 29.1 Å². The molecule has 0 aliphatic carbocycles. The third kappa shape index (κ3) is 3.83. The lowest BCUT2D eigenvalue weighted by Gasteiger charge is -2.12. The molecule has 0 spiro atoms. The van der Waals surface area contributed by atoms with Crippen LogP contribution in [-0.4, -0.2) is 4.98 Å². The van der Waals surface area contributed by atoms with Gasteiger partial charge in [-0.1, -0.05) is 27.7 Å². The number of aryl methyl sites for hydroxylation is 1. The summed E-state index contributed by atoms with van der Waals surface area (Å²) >= 11 is 0. The Morgan fingerprint density at radius 2 is 1.69 bits per heavy atom. The van der Waals surface area contributed by atoms with Crippen LogP contribution in [0.5, 0.6) is 0 Å². The van der Waals surface area contributed by atoms with Gasteiger partial charge < -0.3 is 0 Å². The quantitative estimate of drug-likeness (QED) is 0.693. The zero-order valence-corrected chi connectivity index (χ0v) is 10.3. The van der Waals surface area contributed by atoms with Gasteiger partial charge in [0.15, 0.2) is 0 Å². The van der Waals surface area contributed by atoms with Crippen molar-refractivity contribution >= 4 is 0 Å². The second-order valence-electron chi connectivity index (χ2n) is 3.58. The summed E-state index contributed by atoms with van der Waals surface area (Å²) in [5.41, 5.74) is 0.0565. The van der Waals surface area contributed by atoms with Crippen molar-refractivity contribution < 1.29 is 13.2 Å². The van der Waals surface area contributed by atoms with E-state index < -0.39 is 11.7 Å². The highest BCUT2D eigenvalue weighted by atomic mass is 19.4.